The molecule has 0 saturated carbocycles. The Morgan fingerprint density at radius 1 is 0.962 bits per heavy atom. The second-order valence-corrected chi connectivity index (χ2v) is 7.36. The number of nitrogens with zero attached hydrogens (tertiary/aromatic N) is 5. The van der Waals surface area contributed by atoms with Crippen molar-refractivity contribution in [2.45, 2.75) is 32.2 Å². The monoisotopic (exact) mass is 361 g/mol. The van der Waals surface area contributed by atoms with Gasteiger partial charge in [0.1, 0.15) is 5.82 Å². The molecule has 0 radical (unpaired) electrons. The molecule has 0 bridgehead atoms. The Balaban J connectivity index is 1.51. The molecule has 1 atom stereocenters. The molecule has 144 valence electrons. The topological polar surface area (TPSA) is 54.0 Å². The Hall–Kier alpha value is -1.44. The van der Waals surface area contributed by atoms with E-state index >= 15 is 0 Å². The number of anilines is 2. The summed E-state index contributed by atoms with van der Waals surface area (Å²) < 4.78 is 11.0. The largest absolute Gasteiger partial charge is 0.379 e. The molecule has 7 heteroatoms. The predicted molar refractivity (Wildman–Crippen MR) is 102 cm³/mol. The molecule has 3 aliphatic heterocycles. The standard InChI is InChI=1S/C19H31N5O2/c1-2-16-14-18(21-19(20-16)23-8-12-26-13-9-23)24-5-3-4-17(15-24)22-6-10-25-11-7-22/h14,17H,2-13,15H2,1H3/t17-/m1/s1. The smallest absolute Gasteiger partial charge is 0.227 e. The molecule has 7 nitrogen and oxygen atoms in total. The van der Waals surface area contributed by atoms with E-state index in [4.69, 9.17) is 19.4 Å². The molecule has 4 rings (SSSR count). The number of ether oxygens (including phenoxy) is 2. The van der Waals surface area contributed by atoms with Crippen molar-refractivity contribution in [3.8, 4) is 0 Å². The van der Waals surface area contributed by atoms with E-state index in [1.54, 1.807) is 0 Å². The maximum Gasteiger partial charge on any atom is 0.227 e. The minimum Gasteiger partial charge on any atom is -0.379 e. The van der Waals surface area contributed by atoms with Gasteiger partial charge >= 0.3 is 0 Å². The van der Waals surface area contributed by atoms with Gasteiger partial charge in [0.05, 0.1) is 26.4 Å². The highest BCUT2D eigenvalue weighted by Gasteiger charge is 2.28. The van der Waals surface area contributed by atoms with Crippen LogP contribution in [0.25, 0.3) is 0 Å². The van der Waals surface area contributed by atoms with Crippen LogP contribution in [-0.4, -0.2) is 86.6 Å². The molecule has 0 amide bonds. The number of morpholine rings is 2. The van der Waals surface area contributed by atoms with Crippen molar-refractivity contribution in [3.63, 3.8) is 0 Å². The van der Waals surface area contributed by atoms with Crippen molar-refractivity contribution in [1.82, 2.24) is 14.9 Å². The van der Waals surface area contributed by atoms with Crippen molar-refractivity contribution < 1.29 is 9.47 Å². The van der Waals surface area contributed by atoms with Crippen molar-refractivity contribution in [2.75, 3.05) is 75.5 Å². The van der Waals surface area contributed by atoms with Crippen molar-refractivity contribution in [1.29, 1.82) is 0 Å². The number of hydrogen-bond donors (Lipinski definition) is 0. The fourth-order valence-corrected chi connectivity index (χ4v) is 4.12. The maximum absolute atomic E-state index is 5.52. The average molecular weight is 361 g/mol. The van der Waals surface area contributed by atoms with Gasteiger partial charge in [-0.3, -0.25) is 4.90 Å². The average Bonchev–Trinajstić information content (AvgIpc) is 2.75. The van der Waals surface area contributed by atoms with Crippen LogP contribution in [0.3, 0.4) is 0 Å². The Bertz CT molecular complexity index is 587. The maximum atomic E-state index is 5.52. The van der Waals surface area contributed by atoms with Crippen LogP contribution in [0.15, 0.2) is 6.07 Å². The number of rotatable bonds is 4. The van der Waals surface area contributed by atoms with E-state index in [2.05, 4.69) is 27.7 Å². The highest BCUT2D eigenvalue weighted by atomic mass is 16.5. The zero-order chi connectivity index (χ0) is 17.8. The number of hydrogen-bond acceptors (Lipinski definition) is 7. The first-order valence-electron chi connectivity index (χ1n) is 10.1. The SMILES string of the molecule is CCc1cc(N2CCC[C@@H](N3CCOCC3)C2)nc(N2CCOCC2)n1. The van der Waals surface area contributed by atoms with E-state index in [1.165, 1.54) is 12.8 Å². The number of piperidine rings is 1. The van der Waals surface area contributed by atoms with E-state index in [1.807, 2.05) is 0 Å². The molecule has 0 aromatic carbocycles. The molecule has 3 aliphatic rings. The van der Waals surface area contributed by atoms with Crippen LogP contribution in [0.4, 0.5) is 11.8 Å². The molecular weight excluding hydrogens is 330 g/mol. The fourth-order valence-electron chi connectivity index (χ4n) is 4.12. The molecule has 0 spiro atoms. The summed E-state index contributed by atoms with van der Waals surface area (Å²) in [6.07, 6.45) is 3.44. The van der Waals surface area contributed by atoms with Gasteiger partial charge in [-0.05, 0) is 19.3 Å². The van der Waals surface area contributed by atoms with Crippen LogP contribution in [0.1, 0.15) is 25.5 Å². The number of aryl methyl sites for hydroxylation is 1. The molecule has 0 aliphatic carbocycles. The Morgan fingerprint density at radius 3 is 2.42 bits per heavy atom. The minimum absolute atomic E-state index is 0.611. The Labute approximate surface area is 156 Å². The third-order valence-electron chi connectivity index (χ3n) is 5.69. The lowest BCUT2D eigenvalue weighted by atomic mass is 10.0. The van der Waals surface area contributed by atoms with E-state index < -0.39 is 0 Å². The molecule has 3 fully saturated rings. The van der Waals surface area contributed by atoms with E-state index in [-0.39, 0.29) is 0 Å². The summed E-state index contributed by atoms with van der Waals surface area (Å²) in [5.74, 6) is 1.97. The predicted octanol–water partition coefficient (Wildman–Crippen LogP) is 1.18. The first kappa shape index (κ1) is 17.9. The molecule has 0 unspecified atom stereocenters. The third-order valence-corrected chi connectivity index (χ3v) is 5.69. The van der Waals surface area contributed by atoms with Crippen molar-refractivity contribution in [3.05, 3.63) is 11.8 Å². The van der Waals surface area contributed by atoms with Gasteiger partial charge in [0.15, 0.2) is 0 Å². The van der Waals surface area contributed by atoms with E-state index in [0.717, 1.165) is 89.6 Å². The lowest BCUT2D eigenvalue weighted by Gasteiger charge is -2.41. The van der Waals surface area contributed by atoms with Crippen molar-refractivity contribution in [2.24, 2.45) is 0 Å². The van der Waals surface area contributed by atoms with Gasteiger partial charge in [-0.2, -0.15) is 4.98 Å². The highest BCUT2D eigenvalue weighted by Crippen LogP contribution is 2.24. The lowest BCUT2D eigenvalue weighted by molar-refractivity contribution is 0.0137. The summed E-state index contributed by atoms with van der Waals surface area (Å²) in [7, 11) is 0. The quantitative estimate of drug-likeness (QED) is 0.798. The summed E-state index contributed by atoms with van der Waals surface area (Å²) >= 11 is 0. The Morgan fingerprint density at radius 2 is 1.69 bits per heavy atom. The van der Waals surface area contributed by atoms with Crippen LogP contribution in [-0.2, 0) is 15.9 Å². The van der Waals surface area contributed by atoms with Gasteiger partial charge in [-0.15, -0.1) is 0 Å². The highest BCUT2D eigenvalue weighted by molar-refractivity contribution is 5.47. The third kappa shape index (κ3) is 4.10. The van der Waals surface area contributed by atoms with E-state index in [0.29, 0.717) is 6.04 Å². The zero-order valence-corrected chi connectivity index (χ0v) is 15.9. The van der Waals surface area contributed by atoms with Crippen LogP contribution in [0.2, 0.25) is 0 Å². The summed E-state index contributed by atoms with van der Waals surface area (Å²) in [6.45, 7) is 11.4. The first-order chi connectivity index (χ1) is 12.8. The molecule has 1 aromatic rings. The van der Waals surface area contributed by atoms with Gasteiger partial charge < -0.3 is 19.3 Å². The molecule has 4 heterocycles. The molecular formula is C19H31N5O2. The summed E-state index contributed by atoms with van der Waals surface area (Å²) in [5, 5.41) is 0. The summed E-state index contributed by atoms with van der Waals surface area (Å²) in [4.78, 5) is 17.1. The second kappa shape index (κ2) is 8.50. The second-order valence-electron chi connectivity index (χ2n) is 7.36. The van der Waals surface area contributed by atoms with Gasteiger partial charge in [0.25, 0.3) is 0 Å². The van der Waals surface area contributed by atoms with Gasteiger partial charge in [0, 0.05) is 57.1 Å². The van der Waals surface area contributed by atoms with E-state index in [9.17, 15) is 0 Å². The normalized spacial score (nSPS) is 25.5. The summed E-state index contributed by atoms with van der Waals surface area (Å²) in [6, 6.07) is 2.80. The first-order valence-corrected chi connectivity index (χ1v) is 10.1. The molecule has 26 heavy (non-hydrogen) atoms. The number of aromatic nitrogens is 2. The molecule has 1 aromatic heterocycles. The minimum atomic E-state index is 0.611. The van der Waals surface area contributed by atoms with Crippen LogP contribution in [0, 0.1) is 0 Å². The van der Waals surface area contributed by atoms with Crippen LogP contribution < -0.4 is 9.80 Å². The molecule has 0 N–H and O–H groups in total. The van der Waals surface area contributed by atoms with Gasteiger partial charge in [-0.1, -0.05) is 6.92 Å². The Kier molecular flexibility index (Phi) is 5.87. The fraction of sp³-hybridized carbons (Fsp3) is 0.789. The van der Waals surface area contributed by atoms with Crippen LogP contribution in [0.5, 0.6) is 0 Å². The lowest BCUT2D eigenvalue weighted by Crippen LogP contribution is -2.51. The van der Waals surface area contributed by atoms with Crippen LogP contribution >= 0.6 is 0 Å². The molecule has 3 saturated heterocycles. The zero-order valence-electron chi connectivity index (χ0n) is 15.9. The summed E-state index contributed by atoms with van der Waals surface area (Å²) in [5.41, 5.74) is 1.13. The van der Waals surface area contributed by atoms with Gasteiger partial charge in [0.2, 0.25) is 5.95 Å². The van der Waals surface area contributed by atoms with Gasteiger partial charge in [-0.25, -0.2) is 4.98 Å². The van der Waals surface area contributed by atoms with Crippen molar-refractivity contribution >= 4 is 11.8 Å².